The third-order valence-corrected chi connectivity index (χ3v) is 6.16. The van der Waals surface area contributed by atoms with Crippen LogP contribution in [-0.4, -0.2) is 38.8 Å². The molecular formula is C24H24N2O3Se. The average molecular weight is 467 g/mol. The van der Waals surface area contributed by atoms with Crippen molar-refractivity contribution in [1.82, 2.24) is 5.32 Å². The van der Waals surface area contributed by atoms with Crippen LogP contribution in [-0.2, 0) is 4.84 Å². The summed E-state index contributed by atoms with van der Waals surface area (Å²) in [5.74, 6) is 0.855. The standard InChI is InChI=1S/C24H24N2O3Se/c27-24(25-18-10-11-19-28-21-14-6-2-7-15-21)29-26-23(20-12-4-1-5-13-20)30-22-16-8-3-9-17-22/h1-9,12-17H,10-11,18-19H2,(H,25,27)/b26-23+. The van der Waals surface area contributed by atoms with Crippen molar-refractivity contribution in [1.29, 1.82) is 0 Å². The molecule has 0 atom stereocenters. The van der Waals surface area contributed by atoms with E-state index in [1.165, 1.54) is 0 Å². The van der Waals surface area contributed by atoms with E-state index in [4.69, 9.17) is 9.57 Å². The molecule has 0 fully saturated rings. The van der Waals surface area contributed by atoms with E-state index in [0.29, 0.717) is 13.2 Å². The van der Waals surface area contributed by atoms with Gasteiger partial charge >= 0.3 is 165 Å². The van der Waals surface area contributed by atoms with Crippen molar-refractivity contribution in [3.05, 3.63) is 96.6 Å². The summed E-state index contributed by atoms with van der Waals surface area (Å²) in [4.78, 5) is 17.1. The van der Waals surface area contributed by atoms with E-state index >= 15 is 0 Å². The first-order valence-electron chi connectivity index (χ1n) is 9.80. The molecule has 0 aromatic heterocycles. The number of carbonyl (C=O) groups is 1. The Hall–Kier alpha value is -3.08. The van der Waals surface area contributed by atoms with E-state index in [1.807, 2.05) is 78.9 Å². The number of nitrogens with one attached hydrogen (secondary N) is 1. The Morgan fingerprint density at radius 3 is 2.17 bits per heavy atom. The number of para-hydroxylation sites is 1. The number of nitrogens with zero attached hydrogens (tertiary/aromatic N) is 1. The number of amides is 1. The molecule has 0 saturated carbocycles. The molecule has 0 aliphatic rings. The summed E-state index contributed by atoms with van der Waals surface area (Å²) in [6.07, 6.45) is 1.09. The molecule has 5 nitrogen and oxygen atoms in total. The predicted molar refractivity (Wildman–Crippen MR) is 120 cm³/mol. The molecular weight excluding hydrogens is 443 g/mol. The first-order chi connectivity index (χ1) is 14.8. The van der Waals surface area contributed by atoms with E-state index in [-0.39, 0.29) is 15.0 Å². The number of carbonyl (C=O) groups excluding carboxylic acids is 1. The third-order valence-electron chi connectivity index (χ3n) is 4.04. The molecule has 0 saturated heterocycles. The van der Waals surface area contributed by atoms with Gasteiger partial charge in [0.05, 0.1) is 0 Å². The maximum absolute atomic E-state index is 12.0. The number of hydrogen-bond donors (Lipinski definition) is 1. The number of oxime groups is 1. The van der Waals surface area contributed by atoms with Crippen LogP contribution in [0.4, 0.5) is 4.79 Å². The van der Waals surface area contributed by atoms with Crippen LogP contribution in [0.1, 0.15) is 18.4 Å². The first-order valence-corrected chi connectivity index (χ1v) is 11.5. The molecule has 0 spiro atoms. The van der Waals surface area contributed by atoms with Crippen molar-refractivity contribution < 1.29 is 14.4 Å². The average Bonchev–Trinajstić information content (AvgIpc) is 2.81. The van der Waals surface area contributed by atoms with E-state index in [1.54, 1.807) is 0 Å². The van der Waals surface area contributed by atoms with Gasteiger partial charge < -0.3 is 0 Å². The van der Waals surface area contributed by atoms with Gasteiger partial charge in [0.1, 0.15) is 0 Å². The number of hydrogen-bond acceptors (Lipinski definition) is 4. The molecule has 0 radical (unpaired) electrons. The summed E-state index contributed by atoms with van der Waals surface area (Å²) in [6, 6.07) is 29.5. The summed E-state index contributed by atoms with van der Waals surface area (Å²) in [6.45, 7) is 1.12. The number of benzene rings is 3. The van der Waals surface area contributed by atoms with Gasteiger partial charge in [-0.1, -0.05) is 18.2 Å². The van der Waals surface area contributed by atoms with Crippen molar-refractivity contribution in [2.45, 2.75) is 12.8 Å². The zero-order valence-electron chi connectivity index (χ0n) is 16.6. The zero-order chi connectivity index (χ0) is 20.9. The number of ether oxygens (including phenoxy) is 1. The van der Waals surface area contributed by atoms with E-state index < -0.39 is 6.09 Å². The van der Waals surface area contributed by atoms with Crippen LogP contribution >= 0.6 is 0 Å². The summed E-state index contributed by atoms with van der Waals surface area (Å²) < 4.78 is 7.56. The number of rotatable bonds is 10. The quantitative estimate of drug-likeness (QED) is 0.161. The van der Waals surface area contributed by atoms with Crippen LogP contribution in [0.5, 0.6) is 5.75 Å². The van der Waals surface area contributed by atoms with Crippen LogP contribution in [0.3, 0.4) is 0 Å². The summed E-state index contributed by atoms with van der Waals surface area (Å²) in [7, 11) is 0. The fourth-order valence-electron chi connectivity index (χ4n) is 2.55. The topological polar surface area (TPSA) is 59.9 Å². The van der Waals surface area contributed by atoms with Gasteiger partial charge in [0.25, 0.3) is 0 Å². The fraction of sp³-hybridized carbons (Fsp3) is 0.167. The SMILES string of the molecule is O=C(NCCCCOc1ccccc1)O/N=C(/[Se]c1ccccc1)c1ccccc1. The summed E-state index contributed by atoms with van der Waals surface area (Å²) in [5.41, 5.74) is 0.951. The molecule has 3 aromatic carbocycles. The molecule has 1 N–H and O–H groups in total. The Bertz CT molecular complexity index is 919. The van der Waals surface area contributed by atoms with Gasteiger partial charge in [-0.3, -0.25) is 0 Å². The van der Waals surface area contributed by atoms with Gasteiger partial charge in [0.15, 0.2) is 0 Å². The van der Waals surface area contributed by atoms with Crippen molar-refractivity contribution in [2.24, 2.45) is 5.16 Å². The second kappa shape index (κ2) is 12.5. The number of unbranched alkanes of at least 4 members (excludes halogenated alkanes) is 1. The maximum atomic E-state index is 12.0. The second-order valence-corrected chi connectivity index (χ2v) is 8.58. The van der Waals surface area contributed by atoms with Crippen molar-refractivity contribution in [3.63, 3.8) is 0 Å². The van der Waals surface area contributed by atoms with Crippen LogP contribution in [0.25, 0.3) is 0 Å². The van der Waals surface area contributed by atoms with Gasteiger partial charge in [-0.05, 0) is 0 Å². The van der Waals surface area contributed by atoms with Gasteiger partial charge in [0.2, 0.25) is 0 Å². The molecule has 0 heterocycles. The monoisotopic (exact) mass is 468 g/mol. The molecule has 154 valence electrons. The van der Waals surface area contributed by atoms with E-state index in [2.05, 4.69) is 22.6 Å². The van der Waals surface area contributed by atoms with Gasteiger partial charge in [-0.2, -0.15) is 0 Å². The van der Waals surface area contributed by atoms with Gasteiger partial charge in [-0.25, -0.2) is 0 Å². The first kappa shape index (κ1) is 21.6. The molecule has 1 amide bonds. The second-order valence-electron chi connectivity index (χ2n) is 6.35. The Morgan fingerprint density at radius 1 is 0.833 bits per heavy atom. The summed E-state index contributed by atoms with van der Waals surface area (Å²) in [5, 5.41) is 6.89. The molecule has 30 heavy (non-hydrogen) atoms. The Morgan fingerprint density at radius 2 is 1.47 bits per heavy atom. The van der Waals surface area contributed by atoms with Crippen LogP contribution in [0, 0.1) is 0 Å². The van der Waals surface area contributed by atoms with Gasteiger partial charge in [0, 0.05) is 0 Å². The van der Waals surface area contributed by atoms with E-state index in [0.717, 1.165) is 33.2 Å². The van der Waals surface area contributed by atoms with Crippen molar-refractivity contribution >= 4 is 30.1 Å². The fourth-order valence-corrected chi connectivity index (χ4v) is 4.32. The predicted octanol–water partition coefficient (Wildman–Crippen LogP) is 3.96. The molecule has 0 aliphatic carbocycles. The molecule has 0 bridgehead atoms. The molecule has 0 unspecified atom stereocenters. The Kier molecular flexibility index (Phi) is 8.99. The zero-order valence-corrected chi connectivity index (χ0v) is 18.3. The van der Waals surface area contributed by atoms with Crippen LogP contribution in [0.15, 0.2) is 96.2 Å². The molecule has 3 rings (SSSR count). The van der Waals surface area contributed by atoms with Gasteiger partial charge in [-0.15, -0.1) is 0 Å². The van der Waals surface area contributed by atoms with Crippen LogP contribution < -0.4 is 14.5 Å². The normalized spacial score (nSPS) is 11.0. The van der Waals surface area contributed by atoms with E-state index in [9.17, 15) is 4.79 Å². The summed E-state index contributed by atoms with van der Waals surface area (Å²) >= 11 is -0.0718. The Labute approximate surface area is 183 Å². The molecule has 0 aliphatic heterocycles. The van der Waals surface area contributed by atoms with Crippen molar-refractivity contribution in [2.75, 3.05) is 13.2 Å². The Balaban J connectivity index is 1.43. The van der Waals surface area contributed by atoms with Crippen LogP contribution in [0.2, 0.25) is 0 Å². The minimum atomic E-state index is -0.545. The molecule has 6 heteroatoms. The third kappa shape index (κ3) is 7.74. The molecule has 3 aromatic rings. The van der Waals surface area contributed by atoms with Crippen molar-refractivity contribution in [3.8, 4) is 5.75 Å². The minimum absolute atomic E-state index is 0.0718.